The van der Waals surface area contributed by atoms with Gasteiger partial charge >= 0.3 is 0 Å². The molecule has 2 N–H and O–H groups in total. The van der Waals surface area contributed by atoms with Crippen LogP contribution in [0.25, 0.3) is 10.9 Å². The van der Waals surface area contributed by atoms with Crippen LogP contribution in [-0.2, 0) is 17.9 Å². The van der Waals surface area contributed by atoms with Crippen molar-refractivity contribution in [3.8, 4) is 5.75 Å². The molecule has 35 heavy (non-hydrogen) atoms. The SMILES string of the molecule is O=C(Nc1n[nH]c2ccc(OCc3cc(F)cc(F)c3)cc12)c1ccc(CN2CCOCC2)cc1. The molecule has 7 nitrogen and oxygen atoms in total. The Kier molecular flexibility index (Phi) is 6.69. The lowest BCUT2D eigenvalue weighted by atomic mass is 10.1. The highest BCUT2D eigenvalue weighted by atomic mass is 19.1. The Bertz CT molecular complexity index is 1310. The molecule has 1 saturated heterocycles. The number of amides is 1. The van der Waals surface area contributed by atoms with Gasteiger partial charge in [0.15, 0.2) is 5.82 Å². The van der Waals surface area contributed by atoms with Crippen molar-refractivity contribution >= 4 is 22.6 Å². The minimum Gasteiger partial charge on any atom is -0.489 e. The summed E-state index contributed by atoms with van der Waals surface area (Å²) in [5, 5.41) is 10.6. The van der Waals surface area contributed by atoms with Crippen LogP contribution < -0.4 is 10.1 Å². The molecule has 180 valence electrons. The smallest absolute Gasteiger partial charge is 0.256 e. The number of morpholine rings is 1. The fourth-order valence-electron chi connectivity index (χ4n) is 4.00. The third-order valence-corrected chi connectivity index (χ3v) is 5.82. The van der Waals surface area contributed by atoms with E-state index in [2.05, 4.69) is 20.4 Å². The van der Waals surface area contributed by atoms with Crippen LogP contribution in [0.15, 0.2) is 60.7 Å². The van der Waals surface area contributed by atoms with Gasteiger partial charge in [0.25, 0.3) is 5.91 Å². The summed E-state index contributed by atoms with van der Waals surface area (Å²) in [4.78, 5) is 15.1. The van der Waals surface area contributed by atoms with Gasteiger partial charge in [-0.2, -0.15) is 5.10 Å². The summed E-state index contributed by atoms with van der Waals surface area (Å²) < 4.78 is 37.9. The quantitative estimate of drug-likeness (QED) is 0.409. The molecule has 0 radical (unpaired) electrons. The van der Waals surface area contributed by atoms with Crippen molar-refractivity contribution in [3.05, 3.63) is 89.0 Å². The summed E-state index contributed by atoms with van der Waals surface area (Å²) in [6, 6.07) is 16.0. The summed E-state index contributed by atoms with van der Waals surface area (Å²) in [6.07, 6.45) is 0. The number of halogens is 2. The number of hydrogen-bond acceptors (Lipinski definition) is 5. The third-order valence-electron chi connectivity index (χ3n) is 5.82. The first kappa shape index (κ1) is 22.9. The Morgan fingerprint density at radius 1 is 1.00 bits per heavy atom. The lowest BCUT2D eigenvalue weighted by Crippen LogP contribution is -2.35. The normalized spacial score (nSPS) is 14.2. The van der Waals surface area contributed by atoms with Gasteiger partial charge in [-0.1, -0.05) is 12.1 Å². The third kappa shape index (κ3) is 5.64. The van der Waals surface area contributed by atoms with E-state index in [1.54, 1.807) is 30.3 Å². The molecule has 1 aliphatic heterocycles. The number of benzene rings is 3. The van der Waals surface area contributed by atoms with Crippen molar-refractivity contribution in [1.82, 2.24) is 15.1 Å². The predicted molar refractivity (Wildman–Crippen MR) is 127 cm³/mol. The van der Waals surface area contributed by atoms with Crippen LogP contribution in [0.2, 0.25) is 0 Å². The van der Waals surface area contributed by atoms with Gasteiger partial charge in [0, 0.05) is 36.7 Å². The van der Waals surface area contributed by atoms with E-state index < -0.39 is 11.6 Å². The minimum absolute atomic E-state index is 0.00344. The number of hydrogen-bond donors (Lipinski definition) is 2. The topological polar surface area (TPSA) is 79.5 Å². The van der Waals surface area contributed by atoms with Crippen LogP contribution in [-0.4, -0.2) is 47.3 Å². The number of carbonyl (C=O) groups excluding carboxylic acids is 1. The van der Waals surface area contributed by atoms with Crippen LogP contribution in [0.1, 0.15) is 21.5 Å². The van der Waals surface area contributed by atoms with Crippen molar-refractivity contribution in [1.29, 1.82) is 0 Å². The number of ether oxygens (including phenoxy) is 2. The van der Waals surface area contributed by atoms with Crippen molar-refractivity contribution in [2.24, 2.45) is 0 Å². The van der Waals surface area contributed by atoms with Crippen LogP contribution in [0.4, 0.5) is 14.6 Å². The van der Waals surface area contributed by atoms with Crippen LogP contribution in [0, 0.1) is 11.6 Å². The molecular formula is C26H24F2N4O3. The molecule has 1 amide bonds. The van der Waals surface area contributed by atoms with Gasteiger partial charge in [-0.05, 0) is 53.6 Å². The first-order valence-corrected chi connectivity index (χ1v) is 11.3. The van der Waals surface area contributed by atoms with E-state index in [0.717, 1.165) is 44.5 Å². The maximum Gasteiger partial charge on any atom is 0.256 e. The van der Waals surface area contributed by atoms with Gasteiger partial charge in [0.05, 0.1) is 18.7 Å². The molecule has 1 aromatic heterocycles. The van der Waals surface area contributed by atoms with E-state index in [1.807, 2.05) is 12.1 Å². The Labute approximate surface area is 200 Å². The lowest BCUT2D eigenvalue weighted by molar-refractivity contribution is 0.0342. The van der Waals surface area contributed by atoms with Gasteiger partial charge in [0.1, 0.15) is 24.0 Å². The number of nitrogens with zero attached hydrogens (tertiary/aromatic N) is 2. The number of aromatic nitrogens is 2. The molecule has 0 spiro atoms. The second-order valence-electron chi connectivity index (χ2n) is 8.39. The molecule has 0 bridgehead atoms. The highest BCUT2D eigenvalue weighted by Crippen LogP contribution is 2.26. The monoisotopic (exact) mass is 478 g/mol. The Morgan fingerprint density at radius 2 is 1.74 bits per heavy atom. The Balaban J connectivity index is 1.25. The van der Waals surface area contributed by atoms with E-state index >= 15 is 0 Å². The fourth-order valence-corrected chi connectivity index (χ4v) is 4.00. The number of anilines is 1. The first-order valence-electron chi connectivity index (χ1n) is 11.3. The summed E-state index contributed by atoms with van der Waals surface area (Å²) >= 11 is 0. The molecule has 9 heteroatoms. The predicted octanol–water partition coefficient (Wildman–Crippen LogP) is 4.50. The zero-order chi connectivity index (χ0) is 24.2. The summed E-state index contributed by atoms with van der Waals surface area (Å²) in [5.74, 6) is -0.755. The zero-order valence-corrected chi connectivity index (χ0v) is 18.9. The highest BCUT2D eigenvalue weighted by molar-refractivity contribution is 6.08. The van der Waals surface area contributed by atoms with E-state index in [0.29, 0.717) is 33.6 Å². The number of rotatable bonds is 7. The summed E-state index contributed by atoms with van der Waals surface area (Å²) in [6.45, 7) is 4.11. The average Bonchev–Trinajstić information content (AvgIpc) is 3.25. The second kappa shape index (κ2) is 10.2. The second-order valence-corrected chi connectivity index (χ2v) is 8.39. The van der Waals surface area contributed by atoms with Gasteiger partial charge in [-0.15, -0.1) is 0 Å². The molecule has 4 aromatic rings. The maximum absolute atomic E-state index is 13.4. The Morgan fingerprint density at radius 3 is 2.49 bits per heavy atom. The standard InChI is InChI=1S/C26H24F2N4O3/c27-20-11-18(12-21(28)13-20)16-35-22-5-6-24-23(14-22)25(31-30-24)29-26(33)19-3-1-17(2-4-19)15-32-7-9-34-10-8-32/h1-6,11-14H,7-10,15-16H2,(H2,29,30,31,33). The van der Waals surface area contributed by atoms with Gasteiger partial charge in [-0.25, -0.2) is 8.78 Å². The highest BCUT2D eigenvalue weighted by Gasteiger charge is 2.14. The van der Waals surface area contributed by atoms with E-state index in [4.69, 9.17) is 9.47 Å². The first-order chi connectivity index (χ1) is 17.0. The zero-order valence-electron chi connectivity index (χ0n) is 18.9. The molecule has 1 fully saturated rings. The van der Waals surface area contributed by atoms with E-state index in [-0.39, 0.29) is 12.5 Å². The number of carbonyl (C=O) groups is 1. The molecule has 0 atom stereocenters. The molecular weight excluding hydrogens is 454 g/mol. The van der Waals surface area contributed by atoms with Crippen LogP contribution >= 0.6 is 0 Å². The molecule has 0 saturated carbocycles. The van der Waals surface area contributed by atoms with E-state index in [9.17, 15) is 13.6 Å². The maximum atomic E-state index is 13.4. The molecule has 0 aliphatic carbocycles. The molecule has 1 aliphatic rings. The van der Waals surface area contributed by atoms with Gasteiger partial charge in [0.2, 0.25) is 0 Å². The Hall–Kier alpha value is -3.82. The van der Waals surface area contributed by atoms with Gasteiger partial charge in [-0.3, -0.25) is 14.8 Å². The van der Waals surface area contributed by atoms with Crippen LogP contribution in [0.5, 0.6) is 5.75 Å². The van der Waals surface area contributed by atoms with Crippen molar-refractivity contribution in [2.45, 2.75) is 13.2 Å². The summed E-state index contributed by atoms with van der Waals surface area (Å²) in [7, 11) is 0. The van der Waals surface area contributed by atoms with Crippen molar-refractivity contribution in [2.75, 3.05) is 31.6 Å². The molecule has 5 rings (SSSR count). The van der Waals surface area contributed by atoms with Crippen molar-refractivity contribution in [3.63, 3.8) is 0 Å². The van der Waals surface area contributed by atoms with Gasteiger partial charge < -0.3 is 14.8 Å². The van der Waals surface area contributed by atoms with Crippen molar-refractivity contribution < 1.29 is 23.0 Å². The largest absolute Gasteiger partial charge is 0.489 e. The number of fused-ring (bicyclic) bond motifs is 1. The van der Waals surface area contributed by atoms with E-state index in [1.165, 1.54) is 12.1 Å². The average molecular weight is 478 g/mol. The molecule has 2 heterocycles. The number of nitrogens with one attached hydrogen (secondary N) is 2. The molecule has 3 aromatic carbocycles. The molecule has 0 unspecified atom stereocenters. The lowest BCUT2D eigenvalue weighted by Gasteiger charge is -2.26. The minimum atomic E-state index is -0.659. The van der Waals surface area contributed by atoms with Crippen LogP contribution in [0.3, 0.4) is 0 Å². The number of aromatic amines is 1. The number of H-pyrrole nitrogens is 1. The summed E-state index contributed by atoms with van der Waals surface area (Å²) in [5.41, 5.74) is 2.74. The fraction of sp³-hybridized carbons (Fsp3) is 0.231.